The second-order valence-corrected chi connectivity index (χ2v) is 5.76. The third-order valence-electron chi connectivity index (χ3n) is 4.16. The van der Waals surface area contributed by atoms with Gasteiger partial charge in [0.2, 0.25) is 0 Å². The van der Waals surface area contributed by atoms with E-state index in [0.717, 1.165) is 45.2 Å². The van der Waals surface area contributed by atoms with E-state index in [-0.39, 0.29) is 18.2 Å². The predicted molar refractivity (Wildman–Crippen MR) is 66.8 cm³/mol. The maximum Gasteiger partial charge on any atom is 0.317 e. The van der Waals surface area contributed by atoms with Crippen molar-refractivity contribution in [2.24, 2.45) is 5.92 Å². The lowest BCUT2D eigenvalue weighted by molar-refractivity contribution is 0.0987. The Kier molecular flexibility index (Phi) is 3.92. The monoisotopic (exact) mass is 240 g/mol. The molecule has 1 aliphatic heterocycles. The zero-order chi connectivity index (χ0) is 12.3. The van der Waals surface area contributed by atoms with Crippen LogP contribution in [0, 0.1) is 5.92 Å². The minimum atomic E-state index is -0.364. The molecule has 0 radical (unpaired) electrons. The Morgan fingerprint density at radius 2 is 2.12 bits per heavy atom. The molecule has 0 bridgehead atoms. The van der Waals surface area contributed by atoms with Gasteiger partial charge in [0.15, 0.2) is 0 Å². The number of nitrogens with one attached hydrogen (secondary N) is 1. The first-order chi connectivity index (χ1) is 8.15. The quantitative estimate of drug-likeness (QED) is 0.772. The van der Waals surface area contributed by atoms with Gasteiger partial charge < -0.3 is 15.3 Å². The standard InChI is InChI=1S/C13H24N2O2/c1-11-5-4-6-13(9-11,10-16)14-12(17)15-7-2-3-8-15/h11,16H,2-10H2,1H3,(H,14,17). The van der Waals surface area contributed by atoms with E-state index in [0.29, 0.717) is 5.92 Å². The second-order valence-electron chi connectivity index (χ2n) is 5.76. The number of nitrogens with zero attached hydrogens (tertiary/aromatic N) is 1. The number of aliphatic hydroxyl groups excluding tert-OH is 1. The summed E-state index contributed by atoms with van der Waals surface area (Å²) in [6.07, 6.45) is 6.34. The van der Waals surface area contributed by atoms with Crippen LogP contribution in [0.25, 0.3) is 0 Å². The Morgan fingerprint density at radius 3 is 2.71 bits per heavy atom. The van der Waals surface area contributed by atoms with Crippen LogP contribution >= 0.6 is 0 Å². The topological polar surface area (TPSA) is 52.6 Å². The summed E-state index contributed by atoms with van der Waals surface area (Å²) < 4.78 is 0. The van der Waals surface area contributed by atoms with Gasteiger partial charge in [-0.1, -0.05) is 19.8 Å². The average Bonchev–Trinajstić information content (AvgIpc) is 2.82. The molecule has 0 spiro atoms. The van der Waals surface area contributed by atoms with Crippen LogP contribution in [0.5, 0.6) is 0 Å². The van der Waals surface area contributed by atoms with E-state index in [1.165, 1.54) is 6.42 Å². The lowest BCUT2D eigenvalue weighted by Crippen LogP contribution is -2.56. The van der Waals surface area contributed by atoms with Crippen molar-refractivity contribution in [2.45, 2.75) is 51.0 Å². The predicted octanol–water partition coefficient (Wildman–Crippen LogP) is 1.73. The Hall–Kier alpha value is -0.770. The second kappa shape index (κ2) is 5.25. The molecule has 4 nitrogen and oxygen atoms in total. The van der Waals surface area contributed by atoms with Gasteiger partial charge in [-0.3, -0.25) is 0 Å². The summed E-state index contributed by atoms with van der Waals surface area (Å²) >= 11 is 0. The van der Waals surface area contributed by atoms with E-state index < -0.39 is 0 Å². The molecule has 2 N–H and O–H groups in total. The summed E-state index contributed by atoms with van der Waals surface area (Å²) in [7, 11) is 0. The van der Waals surface area contributed by atoms with Gasteiger partial charge in [0.1, 0.15) is 0 Å². The fraction of sp³-hybridized carbons (Fsp3) is 0.923. The van der Waals surface area contributed by atoms with Crippen LogP contribution < -0.4 is 5.32 Å². The minimum absolute atomic E-state index is 0.0191. The van der Waals surface area contributed by atoms with E-state index in [1.807, 2.05) is 4.90 Å². The van der Waals surface area contributed by atoms with Crippen molar-refractivity contribution in [1.82, 2.24) is 10.2 Å². The number of urea groups is 1. The molecule has 0 aromatic heterocycles. The lowest BCUT2D eigenvalue weighted by Gasteiger charge is -2.40. The molecule has 2 fully saturated rings. The first-order valence-electron chi connectivity index (χ1n) is 6.83. The van der Waals surface area contributed by atoms with Crippen LogP contribution in [0.1, 0.15) is 45.4 Å². The maximum atomic E-state index is 12.1. The zero-order valence-corrected chi connectivity index (χ0v) is 10.7. The van der Waals surface area contributed by atoms with Gasteiger partial charge in [-0.05, 0) is 31.6 Å². The fourth-order valence-electron chi connectivity index (χ4n) is 3.18. The molecule has 98 valence electrons. The molecule has 1 saturated carbocycles. The summed E-state index contributed by atoms with van der Waals surface area (Å²) in [5, 5.41) is 12.7. The number of carbonyl (C=O) groups is 1. The van der Waals surface area contributed by atoms with E-state index in [2.05, 4.69) is 12.2 Å². The third-order valence-corrected chi connectivity index (χ3v) is 4.16. The molecule has 4 heteroatoms. The van der Waals surface area contributed by atoms with Crippen LogP contribution in [-0.2, 0) is 0 Å². The average molecular weight is 240 g/mol. The van der Waals surface area contributed by atoms with Gasteiger partial charge in [-0.2, -0.15) is 0 Å². The highest BCUT2D eigenvalue weighted by atomic mass is 16.3. The summed E-state index contributed by atoms with van der Waals surface area (Å²) in [6.45, 7) is 3.99. The number of hydrogen-bond donors (Lipinski definition) is 2. The Labute approximate surface area is 103 Å². The lowest BCUT2D eigenvalue weighted by atomic mass is 9.77. The highest BCUT2D eigenvalue weighted by Crippen LogP contribution is 2.32. The highest BCUT2D eigenvalue weighted by Gasteiger charge is 2.37. The number of rotatable bonds is 2. The number of likely N-dealkylation sites (tertiary alicyclic amines) is 1. The highest BCUT2D eigenvalue weighted by molar-refractivity contribution is 5.75. The number of hydrogen-bond acceptors (Lipinski definition) is 2. The summed E-state index contributed by atoms with van der Waals surface area (Å²) in [5.74, 6) is 0.592. The molecule has 2 atom stereocenters. The van der Waals surface area contributed by atoms with Gasteiger partial charge in [0, 0.05) is 13.1 Å². The molecule has 2 unspecified atom stereocenters. The molecule has 1 saturated heterocycles. The molecule has 0 aromatic carbocycles. The molecule has 2 rings (SSSR count). The Balaban J connectivity index is 1.95. The van der Waals surface area contributed by atoms with Crippen molar-refractivity contribution in [1.29, 1.82) is 0 Å². The zero-order valence-electron chi connectivity index (χ0n) is 10.7. The first-order valence-corrected chi connectivity index (χ1v) is 6.83. The number of aliphatic hydroxyl groups is 1. The van der Waals surface area contributed by atoms with Crippen molar-refractivity contribution in [3.05, 3.63) is 0 Å². The normalized spacial score (nSPS) is 33.8. The van der Waals surface area contributed by atoms with Crippen LogP contribution in [0.2, 0.25) is 0 Å². The van der Waals surface area contributed by atoms with Crippen LogP contribution in [0.3, 0.4) is 0 Å². The summed E-state index contributed by atoms with van der Waals surface area (Å²) in [5.41, 5.74) is -0.364. The van der Waals surface area contributed by atoms with E-state index in [9.17, 15) is 9.90 Å². The molecule has 2 aliphatic rings. The van der Waals surface area contributed by atoms with E-state index in [4.69, 9.17) is 0 Å². The Morgan fingerprint density at radius 1 is 1.41 bits per heavy atom. The Bertz CT molecular complexity index is 277. The fourth-order valence-corrected chi connectivity index (χ4v) is 3.18. The van der Waals surface area contributed by atoms with Crippen molar-refractivity contribution >= 4 is 6.03 Å². The van der Waals surface area contributed by atoms with Crippen molar-refractivity contribution in [3.8, 4) is 0 Å². The van der Waals surface area contributed by atoms with Gasteiger partial charge in [-0.15, -0.1) is 0 Å². The smallest absolute Gasteiger partial charge is 0.317 e. The van der Waals surface area contributed by atoms with Crippen molar-refractivity contribution in [3.63, 3.8) is 0 Å². The molecule has 1 heterocycles. The van der Waals surface area contributed by atoms with Gasteiger partial charge in [0.05, 0.1) is 12.1 Å². The molecule has 2 amide bonds. The van der Waals surface area contributed by atoms with Crippen molar-refractivity contribution < 1.29 is 9.90 Å². The third kappa shape index (κ3) is 2.92. The van der Waals surface area contributed by atoms with Gasteiger partial charge in [-0.25, -0.2) is 4.79 Å². The van der Waals surface area contributed by atoms with Crippen molar-refractivity contribution in [2.75, 3.05) is 19.7 Å². The molecular weight excluding hydrogens is 216 g/mol. The SMILES string of the molecule is CC1CCCC(CO)(NC(=O)N2CCCC2)C1. The maximum absolute atomic E-state index is 12.1. The van der Waals surface area contributed by atoms with Crippen LogP contribution in [0.4, 0.5) is 4.79 Å². The van der Waals surface area contributed by atoms with Gasteiger partial charge >= 0.3 is 6.03 Å². The minimum Gasteiger partial charge on any atom is -0.394 e. The molecule has 1 aliphatic carbocycles. The summed E-state index contributed by atoms with van der Waals surface area (Å²) in [6, 6.07) is 0.0191. The first kappa shape index (κ1) is 12.7. The number of amides is 2. The molecule has 0 aromatic rings. The summed E-state index contributed by atoms with van der Waals surface area (Å²) in [4.78, 5) is 14.0. The van der Waals surface area contributed by atoms with Gasteiger partial charge in [0.25, 0.3) is 0 Å². The van der Waals surface area contributed by atoms with Crippen LogP contribution in [-0.4, -0.2) is 41.3 Å². The van der Waals surface area contributed by atoms with E-state index >= 15 is 0 Å². The number of carbonyl (C=O) groups excluding carboxylic acids is 1. The molecular formula is C13H24N2O2. The van der Waals surface area contributed by atoms with E-state index in [1.54, 1.807) is 0 Å². The van der Waals surface area contributed by atoms with Crippen LogP contribution in [0.15, 0.2) is 0 Å². The molecule has 17 heavy (non-hydrogen) atoms. The largest absolute Gasteiger partial charge is 0.394 e.